The van der Waals surface area contributed by atoms with Crippen molar-refractivity contribution < 1.29 is 12.8 Å². The number of anilines is 1. The summed E-state index contributed by atoms with van der Waals surface area (Å²) in [5.41, 5.74) is 0.311. The summed E-state index contributed by atoms with van der Waals surface area (Å²) in [6, 6.07) is 13.9. The summed E-state index contributed by atoms with van der Waals surface area (Å²) in [6.07, 6.45) is 1.05. The van der Waals surface area contributed by atoms with E-state index >= 15 is 0 Å². The van der Waals surface area contributed by atoms with Crippen molar-refractivity contribution in [2.45, 2.75) is 0 Å². The number of hydrogen-bond acceptors (Lipinski definition) is 2. The molecular weight excluding hydrogens is 332 g/mol. The summed E-state index contributed by atoms with van der Waals surface area (Å²) in [5.74, 6) is -0.459. The van der Waals surface area contributed by atoms with Crippen LogP contribution in [0.2, 0.25) is 0 Å². The molecule has 6 heteroatoms. The molecule has 0 saturated heterocycles. The van der Waals surface area contributed by atoms with E-state index in [4.69, 9.17) is 0 Å². The van der Waals surface area contributed by atoms with Gasteiger partial charge in [-0.15, -0.1) is 0 Å². The van der Waals surface area contributed by atoms with Gasteiger partial charge in [-0.1, -0.05) is 0 Å². The van der Waals surface area contributed by atoms with Crippen LogP contribution in [0.5, 0.6) is 0 Å². The zero-order chi connectivity index (χ0) is 13.9. The van der Waals surface area contributed by atoms with Gasteiger partial charge in [-0.05, 0) is 0 Å². The van der Waals surface area contributed by atoms with E-state index in [9.17, 15) is 12.8 Å². The standard InChI is InChI=1S/C13H12FNO2SSe/c1-18(16,17)15-12-9-10(14)7-8-13(12)19-11-5-3-2-4-6-11/h2-9,15H,1H3. The Bertz CT molecular complexity index is 674. The average molecular weight is 344 g/mol. The molecule has 2 aromatic carbocycles. The average Bonchev–Trinajstić information content (AvgIpc) is 2.32. The van der Waals surface area contributed by atoms with E-state index in [1.165, 1.54) is 12.1 Å². The molecule has 2 aromatic rings. The van der Waals surface area contributed by atoms with Crippen molar-refractivity contribution in [1.29, 1.82) is 0 Å². The molecule has 0 aromatic heterocycles. The van der Waals surface area contributed by atoms with Crippen molar-refractivity contribution >= 4 is 39.6 Å². The van der Waals surface area contributed by atoms with Gasteiger partial charge in [-0.3, -0.25) is 0 Å². The van der Waals surface area contributed by atoms with Gasteiger partial charge in [0, 0.05) is 0 Å². The second kappa shape index (κ2) is 5.73. The van der Waals surface area contributed by atoms with E-state index in [1.54, 1.807) is 6.07 Å². The summed E-state index contributed by atoms with van der Waals surface area (Å²) in [5, 5.41) is 0. The van der Waals surface area contributed by atoms with Gasteiger partial charge in [0.2, 0.25) is 0 Å². The first-order valence-electron chi connectivity index (χ1n) is 5.44. The Morgan fingerprint density at radius 2 is 1.79 bits per heavy atom. The first kappa shape index (κ1) is 14.1. The van der Waals surface area contributed by atoms with Crippen LogP contribution < -0.4 is 13.6 Å². The first-order valence-corrected chi connectivity index (χ1v) is 9.05. The van der Waals surface area contributed by atoms with Gasteiger partial charge in [-0.25, -0.2) is 0 Å². The van der Waals surface area contributed by atoms with Crippen molar-refractivity contribution in [2.24, 2.45) is 0 Å². The molecule has 0 fully saturated rings. The Balaban J connectivity index is 2.34. The predicted octanol–water partition coefficient (Wildman–Crippen LogP) is 0.852. The van der Waals surface area contributed by atoms with Crippen molar-refractivity contribution in [1.82, 2.24) is 0 Å². The van der Waals surface area contributed by atoms with E-state index < -0.39 is 15.8 Å². The van der Waals surface area contributed by atoms with E-state index in [1.807, 2.05) is 30.3 Å². The number of rotatable bonds is 4. The molecule has 0 spiro atoms. The topological polar surface area (TPSA) is 46.2 Å². The molecular formula is C13H12FNO2SSe. The molecule has 1 N–H and O–H groups in total. The molecule has 0 atom stereocenters. The molecule has 0 aliphatic rings. The molecule has 100 valence electrons. The Morgan fingerprint density at radius 3 is 2.42 bits per heavy atom. The summed E-state index contributed by atoms with van der Waals surface area (Å²) >= 11 is -0.0814. The minimum atomic E-state index is -3.42. The zero-order valence-corrected chi connectivity index (χ0v) is 12.7. The Kier molecular flexibility index (Phi) is 4.24. The van der Waals surface area contributed by atoms with Crippen LogP contribution in [0.3, 0.4) is 0 Å². The molecule has 0 aliphatic heterocycles. The fourth-order valence-electron chi connectivity index (χ4n) is 1.49. The molecule has 0 amide bonds. The molecule has 0 unspecified atom stereocenters. The maximum absolute atomic E-state index is 13.2. The van der Waals surface area contributed by atoms with Crippen LogP contribution in [-0.2, 0) is 10.0 Å². The predicted molar refractivity (Wildman–Crippen MR) is 76.3 cm³/mol. The fourth-order valence-corrected chi connectivity index (χ4v) is 4.10. The van der Waals surface area contributed by atoms with Gasteiger partial charge in [0.05, 0.1) is 0 Å². The molecule has 0 saturated carbocycles. The number of hydrogen-bond donors (Lipinski definition) is 1. The van der Waals surface area contributed by atoms with Crippen molar-refractivity contribution in [3.05, 3.63) is 54.3 Å². The Labute approximate surface area is 118 Å². The first-order chi connectivity index (χ1) is 8.94. The Morgan fingerprint density at radius 1 is 1.11 bits per heavy atom. The van der Waals surface area contributed by atoms with Gasteiger partial charge in [-0.2, -0.15) is 0 Å². The number of sulfonamides is 1. The Hall–Kier alpha value is -1.36. The molecule has 0 radical (unpaired) electrons. The third-order valence-corrected chi connectivity index (χ3v) is 5.07. The van der Waals surface area contributed by atoms with Crippen molar-refractivity contribution in [3.63, 3.8) is 0 Å². The van der Waals surface area contributed by atoms with Crippen LogP contribution in [0.15, 0.2) is 48.5 Å². The van der Waals surface area contributed by atoms with Gasteiger partial charge in [0.25, 0.3) is 0 Å². The van der Waals surface area contributed by atoms with Crippen LogP contribution in [0.1, 0.15) is 0 Å². The summed E-state index contributed by atoms with van der Waals surface area (Å²) < 4.78 is 40.1. The summed E-state index contributed by atoms with van der Waals surface area (Å²) in [6.45, 7) is 0. The number of halogens is 1. The fraction of sp³-hybridized carbons (Fsp3) is 0.0769. The van der Waals surface area contributed by atoms with Crippen LogP contribution in [-0.4, -0.2) is 29.6 Å². The second-order valence-corrected chi connectivity index (χ2v) is 8.02. The maximum atomic E-state index is 13.2. The van der Waals surface area contributed by atoms with Crippen LogP contribution >= 0.6 is 0 Å². The van der Waals surface area contributed by atoms with Gasteiger partial charge < -0.3 is 0 Å². The molecule has 0 bridgehead atoms. The second-order valence-electron chi connectivity index (χ2n) is 3.93. The summed E-state index contributed by atoms with van der Waals surface area (Å²) in [7, 11) is -3.42. The van der Waals surface area contributed by atoms with Gasteiger partial charge >= 0.3 is 118 Å². The van der Waals surface area contributed by atoms with Gasteiger partial charge in [0.15, 0.2) is 0 Å². The van der Waals surface area contributed by atoms with E-state index in [0.717, 1.165) is 15.2 Å². The third kappa shape index (κ3) is 4.35. The molecule has 0 aliphatic carbocycles. The van der Waals surface area contributed by atoms with E-state index in [2.05, 4.69) is 4.72 Å². The van der Waals surface area contributed by atoms with E-state index in [0.29, 0.717) is 5.69 Å². The monoisotopic (exact) mass is 345 g/mol. The molecule has 0 heterocycles. The number of benzene rings is 2. The SMILES string of the molecule is CS(=O)(=O)Nc1cc(F)ccc1[Se]c1ccccc1. The van der Waals surface area contributed by atoms with Gasteiger partial charge in [0.1, 0.15) is 0 Å². The minimum absolute atomic E-state index is 0.0814. The quantitative estimate of drug-likeness (QED) is 0.836. The molecule has 3 nitrogen and oxygen atoms in total. The van der Waals surface area contributed by atoms with Crippen LogP contribution in [0.25, 0.3) is 0 Å². The van der Waals surface area contributed by atoms with Crippen LogP contribution in [0.4, 0.5) is 10.1 Å². The third-order valence-electron chi connectivity index (χ3n) is 2.21. The molecule has 19 heavy (non-hydrogen) atoms. The van der Waals surface area contributed by atoms with E-state index in [-0.39, 0.29) is 15.0 Å². The summed E-state index contributed by atoms with van der Waals surface area (Å²) in [4.78, 5) is 0. The molecule has 2 rings (SSSR count). The zero-order valence-electron chi connectivity index (χ0n) is 10.1. The number of nitrogens with one attached hydrogen (secondary N) is 1. The van der Waals surface area contributed by atoms with Crippen molar-refractivity contribution in [2.75, 3.05) is 11.0 Å². The normalized spacial score (nSPS) is 11.3. The van der Waals surface area contributed by atoms with Crippen LogP contribution in [0, 0.1) is 5.82 Å². The van der Waals surface area contributed by atoms with Crippen molar-refractivity contribution in [3.8, 4) is 0 Å².